The Morgan fingerprint density at radius 1 is 0.674 bits per heavy atom. The smallest absolute Gasteiger partial charge is 0.338 e. The Hall–Kier alpha value is -3.98. The number of aliphatic hydroxyl groups is 3. The second-order valence-electron chi connectivity index (χ2n) is 9.09. The third kappa shape index (κ3) is 14.7. The van der Waals surface area contributed by atoms with Gasteiger partial charge in [0.2, 0.25) is 5.69 Å². The van der Waals surface area contributed by atoms with Gasteiger partial charge in [0.25, 0.3) is 0 Å². The number of ether oxygens (including phenoxy) is 6. The lowest BCUT2D eigenvalue weighted by Gasteiger charge is -2.21. The topological polar surface area (TPSA) is 171 Å². The molecule has 13 heteroatoms. The molecular formula is C30H38NO12+. The van der Waals surface area contributed by atoms with Gasteiger partial charge in [-0.15, -0.1) is 0 Å². The molecule has 0 fully saturated rings. The zero-order valence-electron chi connectivity index (χ0n) is 23.7. The molecule has 0 aliphatic heterocycles. The van der Waals surface area contributed by atoms with E-state index >= 15 is 0 Å². The van der Waals surface area contributed by atoms with Crippen LogP contribution in [0.5, 0.6) is 0 Å². The van der Waals surface area contributed by atoms with Crippen molar-refractivity contribution in [2.45, 2.75) is 24.4 Å². The van der Waals surface area contributed by atoms with Gasteiger partial charge in [-0.3, -0.25) is 0 Å². The number of esters is 3. The number of benzene rings is 1. The summed E-state index contributed by atoms with van der Waals surface area (Å²) in [5.41, 5.74) is 1.18. The van der Waals surface area contributed by atoms with E-state index in [0.29, 0.717) is 5.56 Å². The first kappa shape index (κ1) is 35.2. The number of hydrogen-bond donors (Lipinski definition) is 3. The van der Waals surface area contributed by atoms with E-state index < -0.39 is 42.3 Å². The number of pyridine rings is 1. The summed E-state index contributed by atoms with van der Waals surface area (Å²) in [4.78, 5) is 34.7. The molecule has 0 saturated carbocycles. The van der Waals surface area contributed by atoms with Crippen LogP contribution in [0.3, 0.4) is 0 Å². The summed E-state index contributed by atoms with van der Waals surface area (Å²) in [7, 11) is 0. The van der Waals surface area contributed by atoms with E-state index in [1.165, 1.54) is 0 Å². The van der Waals surface area contributed by atoms with Crippen LogP contribution in [0.2, 0.25) is 0 Å². The molecule has 234 valence electrons. The molecule has 4 atom stereocenters. The summed E-state index contributed by atoms with van der Waals surface area (Å²) in [6.45, 7) is 4.70. The van der Waals surface area contributed by atoms with E-state index in [0.717, 1.165) is 17.8 Å². The molecule has 0 radical (unpaired) electrons. The van der Waals surface area contributed by atoms with E-state index in [-0.39, 0.29) is 52.9 Å². The quantitative estimate of drug-likeness (QED) is 0.0760. The zero-order valence-corrected chi connectivity index (χ0v) is 23.7. The molecule has 13 nitrogen and oxygen atoms in total. The first-order valence-electron chi connectivity index (χ1n) is 13.3. The van der Waals surface area contributed by atoms with Gasteiger partial charge in [-0.1, -0.05) is 19.2 Å². The van der Waals surface area contributed by atoms with E-state index in [4.69, 9.17) is 28.4 Å². The van der Waals surface area contributed by atoms with E-state index in [1.54, 1.807) is 24.3 Å². The number of carbonyl (C=O) groups excluding carboxylic acids is 3. The molecule has 1 aromatic heterocycles. The van der Waals surface area contributed by atoms with Crippen molar-refractivity contribution >= 4 is 17.9 Å². The molecule has 0 saturated heterocycles. The van der Waals surface area contributed by atoms with Crippen molar-refractivity contribution in [1.29, 1.82) is 0 Å². The molecule has 3 N–H and O–H groups in total. The Bertz CT molecular complexity index is 1140. The van der Waals surface area contributed by atoms with E-state index in [1.807, 2.05) is 35.2 Å². The Morgan fingerprint density at radius 3 is 1.67 bits per heavy atom. The van der Waals surface area contributed by atoms with Gasteiger partial charge in [-0.25, -0.2) is 14.4 Å². The number of carbonyl (C=O) groups is 3. The van der Waals surface area contributed by atoms with Crippen molar-refractivity contribution in [2.75, 3.05) is 52.9 Å². The molecule has 43 heavy (non-hydrogen) atoms. The first-order chi connectivity index (χ1) is 20.7. The lowest BCUT2D eigenvalue weighted by Crippen LogP contribution is -2.34. The normalized spacial score (nSPS) is 13.7. The number of hydrogen-bond acceptors (Lipinski definition) is 12. The minimum atomic E-state index is -1.15. The predicted molar refractivity (Wildman–Crippen MR) is 150 cm³/mol. The van der Waals surface area contributed by atoms with Crippen LogP contribution in [0, 0.1) is 0 Å². The summed E-state index contributed by atoms with van der Waals surface area (Å²) < 4.78 is 33.0. The van der Waals surface area contributed by atoms with Gasteiger partial charge in [0.15, 0.2) is 12.4 Å². The van der Waals surface area contributed by atoms with Crippen LogP contribution in [0.4, 0.5) is 0 Å². The highest BCUT2D eigenvalue weighted by atomic mass is 16.6. The number of nitrogens with zero attached hydrogens (tertiary/aromatic N) is 1. The van der Waals surface area contributed by atoms with Crippen molar-refractivity contribution in [2.24, 2.45) is 0 Å². The van der Waals surface area contributed by atoms with Crippen LogP contribution in [-0.4, -0.2) is 110 Å². The Kier molecular flexibility index (Phi) is 16.4. The molecule has 1 aromatic carbocycles. The number of aromatic nitrogens is 1. The standard InChI is InChI=1S/C30H38NO12/c1-3-28(35)41-17-24(32)14-38-20-27(40-16-26(34)18-42-29(36)4-2)21-39-15-25(33)19-43-30(37)22-8-10-23(11-9-22)31-12-6-5-7-13-31/h3-13,24-27,32-34H,1-2,14-21H2/q+1. The second-order valence-corrected chi connectivity index (χ2v) is 9.09. The van der Waals surface area contributed by atoms with Crippen molar-refractivity contribution < 1.29 is 62.7 Å². The summed E-state index contributed by atoms with van der Waals surface area (Å²) in [6, 6.07) is 12.4. The summed E-state index contributed by atoms with van der Waals surface area (Å²) in [5.74, 6) is -2.00. The molecule has 2 aromatic rings. The summed E-state index contributed by atoms with van der Waals surface area (Å²) in [5, 5.41) is 30.1. The average molecular weight is 605 g/mol. The predicted octanol–water partition coefficient (Wildman–Crippen LogP) is 0.0796. The van der Waals surface area contributed by atoms with E-state index in [2.05, 4.69) is 13.2 Å². The zero-order chi connectivity index (χ0) is 31.5. The Morgan fingerprint density at radius 2 is 1.16 bits per heavy atom. The molecule has 4 unspecified atom stereocenters. The maximum absolute atomic E-state index is 12.4. The fourth-order valence-corrected chi connectivity index (χ4v) is 3.28. The molecule has 0 bridgehead atoms. The third-order valence-electron chi connectivity index (χ3n) is 5.45. The lowest BCUT2D eigenvalue weighted by atomic mass is 10.2. The molecule has 1 heterocycles. The van der Waals surface area contributed by atoms with Gasteiger partial charge in [0, 0.05) is 36.4 Å². The number of rotatable bonds is 21. The van der Waals surface area contributed by atoms with Crippen molar-refractivity contribution in [3.63, 3.8) is 0 Å². The first-order valence-corrected chi connectivity index (χ1v) is 13.3. The van der Waals surface area contributed by atoms with Gasteiger partial charge in [-0.2, -0.15) is 4.57 Å². The van der Waals surface area contributed by atoms with Crippen LogP contribution >= 0.6 is 0 Å². The Labute approximate surface area is 249 Å². The van der Waals surface area contributed by atoms with Gasteiger partial charge < -0.3 is 43.7 Å². The van der Waals surface area contributed by atoms with Crippen molar-refractivity contribution in [3.05, 3.63) is 85.7 Å². The minimum absolute atomic E-state index is 0.103. The van der Waals surface area contributed by atoms with Gasteiger partial charge in [-0.05, 0) is 12.1 Å². The van der Waals surface area contributed by atoms with E-state index in [9.17, 15) is 29.7 Å². The van der Waals surface area contributed by atoms with Crippen LogP contribution in [-0.2, 0) is 38.0 Å². The minimum Gasteiger partial charge on any atom is -0.460 e. The third-order valence-corrected chi connectivity index (χ3v) is 5.45. The van der Waals surface area contributed by atoms with Gasteiger partial charge in [0.1, 0.15) is 44.2 Å². The van der Waals surface area contributed by atoms with Crippen LogP contribution in [0.1, 0.15) is 10.4 Å². The number of aliphatic hydroxyl groups excluding tert-OH is 3. The summed E-state index contributed by atoms with van der Waals surface area (Å²) >= 11 is 0. The van der Waals surface area contributed by atoms with Crippen LogP contribution in [0.15, 0.2) is 80.2 Å². The SMILES string of the molecule is C=CC(=O)OCC(O)COCC(COCC(O)COC(=O)c1ccc(-[n+]2ccccc2)cc1)OCC(O)COC(=O)C=C. The average Bonchev–Trinajstić information content (AvgIpc) is 3.03. The highest BCUT2D eigenvalue weighted by Gasteiger charge is 2.18. The largest absolute Gasteiger partial charge is 0.460 e. The maximum Gasteiger partial charge on any atom is 0.338 e. The molecular weight excluding hydrogens is 566 g/mol. The van der Waals surface area contributed by atoms with Gasteiger partial charge >= 0.3 is 17.9 Å². The maximum atomic E-state index is 12.4. The van der Waals surface area contributed by atoms with Crippen molar-refractivity contribution in [1.82, 2.24) is 0 Å². The fourth-order valence-electron chi connectivity index (χ4n) is 3.28. The van der Waals surface area contributed by atoms with Gasteiger partial charge in [0.05, 0.1) is 38.6 Å². The monoisotopic (exact) mass is 604 g/mol. The van der Waals surface area contributed by atoms with Crippen molar-refractivity contribution in [3.8, 4) is 5.69 Å². The second kappa shape index (κ2) is 20.0. The molecule has 0 amide bonds. The molecule has 0 aliphatic rings. The molecule has 2 rings (SSSR count). The highest BCUT2D eigenvalue weighted by Crippen LogP contribution is 2.07. The summed E-state index contributed by atoms with van der Waals surface area (Å²) in [6.07, 6.45) is 1.49. The lowest BCUT2D eigenvalue weighted by molar-refractivity contribution is -0.595. The molecule has 0 spiro atoms. The molecule has 0 aliphatic carbocycles. The highest BCUT2D eigenvalue weighted by molar-refractivity contribution is 5.89. The van der Waals surface area contributed by atoms with Crippen LogP contribution < -0.4 is 4.57 Å². The Balaban J connectivity index is 1.77. The van der Waals surface area contributed by atoms with Crippen LogP contribution in [0.25, 0.3) is 5.69 Å². The fraction of sp³-hybridized carbons (Fsp3) is 0.400.